The van der Waals surface area contributed by atoms with Gasteiger partial charge in [-0.3, -0.25) is 4.79 Å². The van der Waals surface area contributed by atoms with Crippen LogP contribution in [0.5, 0.6) is 0 Å². The molecule has 0 fully saturated rings. The number of benzene rings is 1. The van der Waals surface area contributed by atoms with E-state index < -0.39 is 6.17 Å². The smallest absolute Gasteiger partial charge is 0.256 e. The first-order chi connectivity index (χ1) is 11.8. The molecule has 1 amide bonds. The number of thiophene rings is 1. The highest BCUT2D eigenvalue weighted by Crippen LogP contribution is 2.46. The van der Waals surface area contributed by atoms with Gasteiger partial charge in [-0.1, -0.05) is 39.0 Å². The Labute approximate surface area is 151 Å². The first-order valence-corrected chi connectivity index (χ1v) is 9.62. The van der Waals surface area contributed by atoms with Crippen LogP contribution < -0.4 is 10.6 Å². The molecule has 1 aromatic heterocycles. The van der Waals surface area contributed by atoms with Crippen molar-refractivity contribution in [3.05, 3.63) is 51.7 Å². The lowest BCUT2D eigenvalue weighted by Gasteiger charge is -2.34. The lowest BCUT2D eigenvalue weighted by molar-refractivity contribution is 0.0934. The summed E-state index contributed by atoms with van der Waals surface area (Å²) in [7, 11) is 0. The minimum absolute atomic E-state index is 0.0892. The van der Waals surface area contributed by atoms with E-state index in [2.05, 4.69) is 31.4 Å². The number of carbonyl (C=O) groups excluding carboxylic acids is 1. The molecule has 0 bridgehead atoms. The zero-order valence-corrected chi connectivity index (χ0v) is 15.6. The van der Waals surface area contributed by atoms with Gasteiger partial charge in [0, 0.05) is 10.4 Å². The summed E-state index contributed by atoms with van der Waals surface area (Å²) in [6.45, 7) is 6.86. The van der Waals surface area contributed by atoms with Crippen molar-refractivity contribution in [1.29, 1.82) is 0 Å². The predicted octanol–water partition coefficient (Wildman–Crippen LogP) is 4.89. The van der Waals surface area contributed by atoms with Gasteiger partial charge in [-0.05, 0) is 42.2 Å². The Hall–Kier alpha value is -1.88. The summed E-state index contributed by atoms with van der Waals surface area (Å²) in [6.07, 6.45) is 2.57. The molecule has 132 valence electrons. The van der Waals surface area contributed by atoms with E-state index in [0.29, 0.717) is 11.5 Å². The van der Waals surface area contributed by atoms with Gasteiger partial charge in [0.2, 0.25) is 0 Å². The summed E-state index contributed by atoms with van der Waals surface area (Å²) >= 11 is 1.67. The Bertz CT molecular complexity index is 837. The summed E-state index contributed by atoms with van der Waals surface area (Å²) in [5, 5.41) is 7.15. The summed E-state index contributed by atoms with van der Waals surface area (Å²) in [5.74, 6) is 0.233. The van der Waals surface area contributed by atoms with Crippen LogP contribution in [0.1, 0.15) is 59.7 Å². The van der Waals surface area contributed by atoms with Crippen LogP contribution >= 0.6 is 11.3 Å². The fraction of sp³-hybridized carbons (Fsp3) is 0.450. The molecule has 2 N–H and O–H groups in total. The van der Waals surface area contributed by atoms with Crippen LogP contribution in [0.3, 0.4) is 0 Å². The normalized spacial score (nSPS) is 22.6. The lowest BCUT2D eigenvalue weighted by atomic mass is 9.72. The minimum Gasteiger partial charge on any atom is -0.353 e. The van der Waals surface area contributed by atoms with Crippen LogP contribution in [0.25, 0.3) is 0 Å². The van der Waals surface area contributed by atoms with E-state index in [1.54, 1.807) is 29.5 Å². The second kappa shape index (κ2) is 5.84. The number of amides is 1. The number of carbonyl (C=O) groups is 1. The maximum absolute atomic E-state index is 14.1. The number of rotatable bonds is 1. The van der Waals surface area contributed by atoms with Crippen molar-refractivity contribution in [3.8, 4) is 0 Å². The number of hydrogen-bond donors (Lipinski definition) is 2. The molecular formula is C20H23FN2OS. The van der Waals surface area contributed by atoms with E-state index in [1.165, 1.54) is 16.5 Å². The van der Waals surface area contributed by atoms with Gasteiger partial charge in [0.1, 0.15) is 17.0 Å². The van der Waals surface area contributed by atoms with Gasteiger partial charge >= 0.3 is 0 Å². The van der Waals surface area contributed by atoms with Gasteiger partial charge in [-0.2, -0.15) is 0 Å². The molecule has 0 radical (unpaired) electrons. The van der Waals surface area contributed by atoms with Gasteiger partial charge in [-0.25, -0.2) is 4.39 Å². The highest BCUT2D eigenvalue weighted by Gasteiger charge is 2.36. The predicted molar refractivity (Wildman–Crippen MR) is 99.5 cm³/mol. The molecule has 0 unspecified atom stereocenters. The Morgan fingerprint density at radius 2 is 1.96 bits per heavy atom. The van der Waals surface area contributed by atoms with Crippen LogP contribution in [0.2, 0.25) is 0 Å². The van der Waals surface area contributed by atoms with Crippen LogP contribution in [0.4, 0.5) is 9.39 Å². The number of nitrogens with one attached hydrogen (secondary N) is 2. The molecule has 5 heteroatoms. The number of anilines is 1. The Morgan fingerprint density at radius 1 is 1.20 bits per heavy atom. The molecule has 0 saturated heterocycles. The second-order valence-electron chi connectivity index (χ2n) is 8.09. The molecule has 2 heterocycles. The maximum Gasteiger partial charge on any atom is 0.256 e. The molecular weight excluding hydrogens is 335 g/mol. The van der Waals surface area contributed by atoms with Gasteiger partial charge in [0.05, 0.1) is 5.56 Å². The molecule has 0 saturated carbocycles. The number of fused-ring (bicyclic) bond motifs is 3. The summed E-state index contributed by atoms with van der Waals surface area (Å²) in [4.78, 5) is 14.0. The molecule has 2 aromatic rings. The average Bonchev–Trinajstić information content (AvgIpc) is 2.92. The molecule has 4 rings (SSSR count). The van der Waals surface area contributed by atoms with Crippen LogP contribution in [-0.2, 0) is 12.8 Å². The highest BCUT2D eigenvalue weighted by molar-refractivity contribution is 7.16. The zero-order valence-electron chi connectivity index (χ0n) is 14.8. The summed E-state index contributed by atoms with van der Waals surface area (Å²) in [5.41, 5.74) is 2.71. The fourth-order valence-corrected chi connectivity index (χ4v) is 5.26. The van der Waals surface area contributed by atoms with E-state index in [1.807, 2.05) is 0 Å². The summed E-state index contributed by atoms with van der Waals surface area (Å²) in [6, 6.07) is 6.58. The van der Waals surface area contributed by atoms with Crippen molar-refractivity contribution in [1.82, 2.24) is 5.32 Å². The molecule has 1 aromatic carbocycles. The van der Waals surface area contributed by atoms with Crippen LogP contribution in [-0.4, -0.2) is 5.91 Å². The first-order valence-electron chi connectivity index (χ1n) is 8.81. The van der Waals surface area contributed by atoms with Crippen molar-refractivity contribution in [2.45, 2.75) is 46.2 Å². The number of hydrogen-bond acceptors (Lipinski definition) is 3. The van der Waals surface area contributed by atoms with E-state index in [4.69, 9.17) is 0 Å². The lowest BCUT2D eigenvalue weighted by Crippen LogP contribution is -2.38. The SMILES string of the molecule is CC(C)(C)[C@H]1CCc2c(sc3c2C(=O)N[C@@H](c2ccccc2F)N3)C1. The van der Waals surface area contributed by atoms with Gasteiger partial charge < -0.3 is 10.6 Å². The van der Waals surface area contributed by atoms with E-state index in [9.17, 15) is 9.18 Å². The minimum atomic E-state index is -0.514. The maximum atomic E-state index is 14.1. The van der Waals surface area contributed by atoms with Gasteiger partial charge in [-0.15, -0.1) is 11.3 Å². The topological polar surface area (TPSA) is 41.1 Å². The third-order valence-electron chi connectivity index (χ3n) is 5.48. The highest BCUT2D eigenvalue weighted by atomic mass is 32.1. The standard InChI is InChI=1S/C20H23FN2OS/c1-20(2,3)11-8-9-13-15(10-11)25-19-16(13)18(24)22-17(23-19)12-6-4-5-7-14(12)21/h4-7,11,17,23H,8-10H2,1-3H3,(H,22,24)/t11-,17+/m0/s1. The zero-order chi connectivity index (χ0) is 17.8. The van der Waals surface area contributed by atoms with Crippen molar-refractivity contribution in [2.24, 2.45) is 11.3 Å². The molecule has 2 aliphatic rings. The monoisotopic (exact) mass is 358 g/mol. The van der Waals surface area contributed by atoms with Crippen molar-refractivity contribution < 1.29 is 9.18 Å². The van der Waals surface area contributed by atoms with E-state index >= 15 is 0 Å². The summed E-state index contributed by atoms with van der Waals surface area (Å²) < 4.78 is 14.1. The molecule has 25 heavy (non-hydrogen) atoms. The number of halogens is 1. The quantitative estimate of drug-likeness (QED) is 0.762. The first kappa shape index (κ1) is 16.6. The van der Waals surface area contributed by atoms with Crippen LogP contribution in [0, 0.1) is 17.2 Å². The second-order valence-corrected chi connectivity index (χ2v) is 9.19. The van der Waals surface area contributed by atoms with Gasteiger partial charge in [0.25, 0.3) is 5.91 Å². The Morgan fingerprint density at radius 3 is 2.68 bits per heavy atom. The van der Waals surface area contributed by atoms with E-state index in [-0.39, 0.29) is 17.1 Å². The molecule has 0 spiro atoms. The Kier molecular flexibility index (Phi) is 3.87. The molecule has 2 atom stereocenters. The average molecular weight is 358 g/mol. The molecule has 1 aliphatic carbocycles. The van der Waals surface area contributed by atoms with Gasteiger partial charge in [0.15, 0.2) is 0 Å². The van der Waals surface area contributed by atoms with Crippen molar-refractivity contribution in [2.75, 3.05) is 5.32 Å². The van der Waals surface area contributed by atoms with Crippen molar-refractivity contribution in [3.63, 3.8) is 0 Å². The fourth-order valence-electron chi connectivity index (χ4n) is 3.90. The molecule has 3 nitrogen and oxygen atoms in total. The molecule has 1 aliphatic heterocycles. The third-order valence-corrected chi connectivity index (χ3v) is 6.67. The largest absolute Gasteiger partial charge is 0.353 e. The Balaban J connectivity index is 1.67. The van der Waals surface area contributed by atoms with Crippen LogP contribution in [0.15, 0.2) is 24.3 Å². The van der Waals surface area contributed by atoms with E-state index in [0.717, 1.165) is 29.8 Å². The third kappa shape index (κ3) is 2.84. The van der Waals surface area contributed by atoms with Crippen molar-refractivity contribution >= 4 is 22.2 Å².